The number of carbonyl (C=O) groups excluding carboxylic acids is 3. The summed E-state index contributed by atoms with van der Waals surface area (Å²) in [7, 11) is 0. The van der Waals surface area contributed by atoms with Crippen LogP contribution in [0.1, 0.15) is 66.7 Å². The molecule has 0 aromatic carbocycles. The van der Waals surface area contributed by atoms with Gasteiger partial charge in [0, 0.05) is 17.8 Å². The second-order valence-electron chi connectivity index (χ2n) is 11.3. The van der Waals surface area contributed by atoms with Gasteiger partial charge in [-0.2, -0.15) is 0 Å². The number of aliphatic hydroxyl groups is 1. The number of hydrogen-bond donors (Lipinski definition) is 1. The molecule has 3 fully saturated rings. The fourth-order valence-electron chi connectivity index (χ4n) is 6.84. The first-order chi connectivity index (χ1) is 17.6. The number of likely N-dealkylation sites (tertiary alicyclic amines) is 1. The maximum absolute atomic E-state index is 14.5. The third kappa shape index (κ3) is 5.12. The number of amides is 2. The highest BCUT2D eigenvalue weighted by molar-refractivity contribution is 8.02. The normalized spacial score (nSPS) is 31.8. The van der Waals surface area contributed by atoms with Gasteiger partial charge in [-0.05, 0) is 44.4 Å². The molecule has 3 rings (SSSR count). The van der Waals surface area contributed by atoms with Crippen molar-refractivity contribution in [2.75, 3.05) is 19.8 Å². The molecule has 8 atom stereocenters. The molecule has 0 aromatic rings. The van der Waals surface area contributed by atoms with Gasteiger partial charge in [0.15, 0.2) is 0 Å². The van der Waals surface area contributed by atoms with E-state index < -0.39 is 28.7 Å². The number of esters is 1. The van der Waals surface area contributed by atoms with E-state index in [2.05, 4.69) is 27.0 Å². The first kappa shape index (κ1) is 29.8. The maximum Gasteiger partial charge on any atom is 0.310 e. The number of nitrogens with zero attached hydrogens (tertiary/aromatic N) is 2. The molecule has 0 saturated carbocycles. The van der Waals surface area contributed by atoms with Gasteiger partial charge in [0.25, 0.3) is 0 Å². The summed E-state index contributed by atoms with van der Waals surface area (Å²) in [5.74, 6) is -1.83. The molecule has 0 radical (unpaired) electrons. The minimum absolute atomic E-state index is 0.0148. The molecule has 3 saturated heterocycles. The minimum Gasteiger partial charge on any atom is -0.465 e. The molecular formula is C29H46N2O5S. The largest absolute Gasteiger partial charge is 0.465 e. The van der Waals surface area contributed by atoms with Crippen LogP contribution in [0.3, 0.4) is 0 Å². The van der Waals surface area contributed by atoms with Gasteiger partial charge in [-0.3, -0.25) is 14.4 Å². The Hall–Kier alpha value is -1.80. The number of ether oxygens (including phenoxy) is 1. The Kier molecular flexibility index (Phi) is 9.95. The first-order valence-electron chi connectivity index (χ1n) is 13.9. The predicted molar refractivity (Wildman–Crippen MR) is 148 cm³/mol. The summed E-state index contributed by atoms with van der Waals surface area (Å²) in [5.41, 5.74) is 0. The van der Waals surface area contributed by atoms with Crippen LogP contribution in [0.5, 0.6) is 0 Å². The molecular weight excluding hydrogens is 488 g/mol. The average molecular weight is 535 g/mol. The van der Waals surface area contributed by atoms with E-state index in [9.17, 15) is 19.5 Å². The number of unbranched alkanes of at least 4 members (excludes halogenated alkanes) is 1. The summed E-state index contributed by atoms with van der Waals surface area (Å²) in [6.07, 6.45) is 7.51. The average Bonchev–Trinajstić information content (AvgIpc) is 3.44. The lowest BCUT2D eigenvalue weighted by Gasteiger charge is -2.43. The van der Waals surface area contributed by atoms with Crippen LogP contribution < -0.4 is 0 Å². The molecule has 3 aliphatic rings. The third-order valence-corrected chi connectivity index (χ3v) is 10.7. The van der Waals surface area contributed by atoms with E-state index in [0.717, 1.165) is 25.7 Å². The van der Waals surface area contributed by atoms with Gasteiger partial charge in [-0.1, -0.05) is 46.3 Å². The van der Waals surface area contributed by atoms with Gasteiger partial charge in [0.05, 0.1) is 35.8 Å². The van der Waals surface area contributed by atoms with Crippen LogP contribution >= 0.6 is 11.8 Å². The smallest absolute Gasteiger partial charge is 0.310 e. The van der Waals surface area contributed by atoms with Gasteiger partial charge >= 0.3 is 5.97 Å². The van der Waals surface area contributed by atoms with Crippen LogP contribution in [0.25, 0.3) is 0 Å². The minimum atomic E-state index is -0.743. The van der Waals surface area contributed by atoms with Crippen molar-refractivity contribution in [2.24, 2.45) is 23.7 Å². The summed E-state index contributed by atoms with van der Waals surface area (Å²) in [6.45, 7) is 18.2. The van der Waals surface area contributed by atoms with Crippen LogP contribution in [-0.4, -0.2) is 80.6 Å². The molecule has 37 heavy (non-hydrogen) atoms. The molecule has 2 bridgehead atoms. The number of fused-ring (bicyclic) bond motifs is 1. The molecule has 3 aliphatic heterocycles. The van der Waals surface area contributed by atoms with E-state index in [4.69, 9.17) is 4.74 Å². The van der Waals surface area contributed by atoms with Gasteiger partial charge in [0.2, 0.25) is 11.8 Å². The standard InChI is InChI=1S/C29H46N2O5S/c1-8-11-12-15-36-28(35)23-22-16-19(6)29(37-22)24(23)26(33)31(21(17-32)18(4)5)25(29)27(34)30(14-10-3)20(7)13-9-2/h8,10,18-25,32H,1,3,9,11-17H2,2,4-7H3/t19?,20?,21-,22+,23-,24-,25?,29?/m0/s1. The molecule has 1 spiro atoms. The molecule has 4 unspecified atom stereocenters. The number of thioether (sulfide) groups is 1. The highest BCUT2D eigenvalue weighted by Gasteiger charge is 2.77. The maximum atomic E-state index is 14.5. The van der Waals surface area contributed by atoms with Crippen molar-refractivity contribution < 1.29 is 24.2 Å². The zero-order valence-electron chi connectivity index (χ0n) is 23.2. The number of aliphatic hydroxyl groups excluding tert-OH is 1. The molecule has 2 amide bonds. The molecule has 208 valence electrons. The van der Waals surface area contributed by atoms with Crippen LogP contribution in [0, 0.1) is 23.7 Å². The monoisotopic (exact) mass is 534 g/mol. The van der Waals surface area contributed by atoms with Crippen molar-refractivity contribution in [3.05, 3.63) is 25.3 Å². The molecule has 7 nitrogen and oxygen atoms in total. The van der Waals surface area contributed by atoms with E-state index in [1.807, 2.05) is 25.7 Å². The van der Waals surface area contributed by atoms with Crippen LogP contribution in [-0.2, 0) is 19.1 Å². The number of carbonyl (C=O) groups is 3. The highest BCUT2D eigenvalue weighted by Crippen LogP contribution is 2.69. The lowest BCUT2D eigenvalue weighted by Crippen LogP contribution is -2.61. The lowest BCUT2D eigenvalue weighted by atomic mass is 9.66. The Bertz CT molecular complexity index is 878. The SMILES string of the molecule is C=CCCCOC(=O)[C@@H]1[C@H]2C(=O)N([C@@H](CO)C(C)C)C(C(=O)N(CC=C)C(C)CCC)C23S[C@@H]1CC3C. The van der Waals surface area contributed by atoms with E-state index in [-0.39, 0.29) is 47.5 Å². The zero-order chi connectivity index (χ0) is 27.5. The first-order valence-corrected chi connectivity index (χ1v) is 14.8. The van der Waals surface area contributed by atoms with Gasteiger partial charge in [-0.25, -0.2) is 0 Å². The Balaban J connectivity index is 2.07. The highest BCUT2D eigenvalue weighted by atomic mass is 32.2. The van der Waals surface area contributed by atoms with E-state index >= 15 is 0 Å². The van der Waals surface area contributed by atoms with Gasteiger partial charge < -0.3 is 19.6 Å². The molecule has 8 heteroatoms. The van der Waals surface area contributed by atoms with Gasteiger partial charge in [0.1, 0.15) is 6.04 Å². The fraction of sp³-hybridized carbons (Fsp3) is 0.759. The van der Waals surface area contributed by atoms with Crippen LogP contribution in [0.4, 0.5) is 0 Å². The predicted octanol–water partition coefficient (Wildman–Crippen LogP) is 4.05. The Morgan fingerprint density at radius 3 is 2.57 bits per heavy atom. The summed E-state index contributed by atoms with van der Waals surface area (Å²) < 4.78 is 4.94. The van der Waals surface area contributed by atoms with Crippen molar-refractivity contribution in [3.8, 4) is 0 Å². The number of allylic oxidation sites excluding steroid dienone is 1. The number of rotatable bonds is 14. The second kappa shape index (κ2) is 12.4. The summed E-state index contributed by atoms with van der Waals surface area (Å²) >= 11 is 1.65. The Morgan fingerprint density at radius 2 is 2.00 bits per heavy atom. The van der Waals surface area contributed by atoms with Crippen molar-refractivity contribution >= 4 is 29.5 Å². The van der Waals surface area contributed by atoms with Crippen LogP contribution in [0.15, 0.2) is 25.3 Å². The quantitative estimate of drug-likeness (QED) is 0.206. The molecule has 3 heterocycles. The van der Waals surface area contributed by atoms with Gasteiger partial charge in [-0.15, -0.1) is 24.9 Å². The van der Waals surface area contributed by atoms with Crippen molar-refractivity contribution in [3.63, 3.8) is 0 Å². The molecule has 1 N–H and O–H groups in total. The van der Waals surface area contributed by atoms with E-state index in [1.54, 1.807) is 28.8 Å². The zero-order valence-corrected chi connectivity index (χ0v) is 24.0. The fourth-order valence-corrected chi connectivity index (χ4v) is 9.23. The van der Waals surface area contributed by atoms with Crippen molar-refractivity contribution in [1.82, 2.24) is 9.80 Å². The van der Waals surface area contributed by atoms with Crippen molar-refractivity contribution in [2.45, 2.75) is 94.8 Å². The van der Waals surface area contributed by atoms with Crippen molar-refractivity contribution in [1.29, 1.82) is 0 Å². The number of hydrogen-bond acceptors (Lipinski definition) is 6. The summed E-state index contributed by atoms with van der Waals surface area (Å²) in [6, 6.07) is -1.27. The van der Waals surface area contributed by atoms with Crippen LogP contribution in [0.2, 0.25) is 0 Å². The topological polar surface area (TPSA) is 87.1 Å². The lowest BCUT2D eigenvalue weighted by molar-refractivity contribution is -0.155. The van der Waals surface area contributed by atoms with E-state index in [0.29, 0.717) is 19.6 Å². The third-order valence-electron chi connectivity index (χ3n) is 8.65. The Labute approximate surface area is 227 Å². The second-order valence-corrected chi connectivity index (χ2v) is 12.9. The Morgan fingerprint density at radius 1 is 1.30 bits per heavy atom. The van der Waals surface area contributed by atoms with E-state index in [1.165, 1.54) is 0 Å². The molecule has 0 aliphatic carbocycles. The summed E-state index contributed by atoms with van der Waals surface area (Å²) in [5, 5.41) is 10.4. The molecule has 0 aromatic heterocycles. The summed E-state index contributed by atoms with van der Waals surface area (Å²) in [4.78, 5) is 45.7.